The molecule has 0 radical (unpaired) electrons. The molecule has 0 unspecified atom stereocenters. The van der Waals surface area contributed by atoms with Crippen LogP contribution in [-0.4, -0.2) is 40.0 Å². The van der Waals surface area contributed by atoms with Crippen LogP contribution in [0.2, 0.25) is 5.02 Å². The van der Waals surface area contributed by atoms with Crippen molar-refractivity contribution in [3.8, 4) is 11.5 Å². The standard InChI is InChI=1S/C17H11ClN6O2/c18-14-11(26)6-5-10-13(14)15-16(19-10)20-17-22-21-12(24(17)23-15)7-8-1-3-9(25)4-2-8/h1-6,25-26H,7H2,(H,19,20,22). The first-order chi connectivity index (χ1) is 12.6. The molecule has 2 aromatic carbocycles. The molecule has 5 aromatic rings. The highest BCUT2D eigenvalue weighted by Crippen LogP contribution is 2.35. The molecule has 3 heterocycles. The Hall–Kier alpha value is -3.39. The zero-order valence-electron chi connectivity index (χ0n) is 13.2. The Labute approximate surface area is 150 Å². The van der Waals surface area contributed by atoms with Crippen LogP contribution in [0.25, 0.3) is 27.8 Å². The maximum atomic E-state index is 9.89. The highest BCUT2D eigenvalue weighted by molar-refractivity contribution is 6.39. The number of nitrogens with zero attached hydrogens (tertiary/aromatic N) is 5. The Kier molecular flexibility index (Phi) is 3.04. The van der Waals surface area contributed by atoms with Gasteiger partial charge in [0.15, 0.2) is 11.5 Å². The molecule has 0 saturated heterocycles. The molecule has 26 heavy (non-hydrogen) atoms. The molecule has 0 aliphatic carbocycles. The molecule has 0 amide bonds. The summed E-state index contributed by atoms with van der Waals surface area (Å²) in [6, 6.07) is 10.1. The summed E-state index contributed by atoms with van der Waals surface area (Å²) in [5.41, 5.74) is 2.72. The molecule has 0 atom stereocenters. The van der Waals surface area contributed by atoms with Gasteiger partial charge in [-0.1, -0.05) is 23.7 Å². The highest BCUT2D eigenvalue weighted by atomic mass is 35.5. The average molecular weight is 367 g/mol. The summed E-state index contributed by atoms with van der Waals surface area (Å²) in [6.45, 7) is 0. The first-order valence-electron chi connectivity index (χ1n) is 7.79. The van der Waals surface area contributed by atoms with Crippen molar-refractivity contribution in [1.82, 2.24) is 29.8 Å². The van der Waals surface area contributed by atoms with E-state index in [1.165, 1.54) is 6.07 Å². The van der Waals surface area contributed by atoms with Crippen LogP contribution >= 0.6 is 11.6 Å². The van der Waals surface area contributed by atoms with Gasteiger partial charge in [-0.15, -0.1) is 10.2 Å². The van der Waals surface area contributed by atoms with Crippen LogP contribution in [-0.2, 0) is 6.42 Å². The zero-order valence-corrected chi connectivity index (χ0v) is 13.9. The van der Waals surface area contributed by atoms with Crippen LogP contribution in [0, 0.1) is 0 Å². The van der Waals surface area contributed by atoms with Gasteiger partial charge in [-0.3, -0.25) is 0 Å². The summed E-state index contributed by atoms with van der Waals surface area (Å²) in [7, 11) is 0. The molecule has 0 aliphatic rings. The van der Waals surface area contributed by atoms with Gasteiger partial charge < -0.3 is 15.2 Å². The molecule has 0 aliphatic heterocycles. The second-order valence-corrected chi connectivity index (χ2v) is 6.30. The van der Waals surface area contributed by atoms with Gasteiger partial charge in [0.1, 0.15) is 17.0 Å². The van der Waals surface area contributed by atoms with Gasteiger partial charge in [0, 0.05) is 6.42 Å². The fraction of sp³-hybridized carbons (Fsp3) is 0.0588. The van der Waals surface area contributed by atoms with Gasteiger partial charge >= 0.3 is 0 Å². The van der Waals surface area contributed by atoms with Crippen molar-refractivity contribution in [1.29, 1.82) is 0 Å². The number of H-pyrrole nitrogens is 1. The first kappa shape index (κ1) is 14.9. The molecule has 0 spiro atoms. The third-order valence-electron chi connectivity index (χ3n) is 4.23. The minimum Gasteiger partial charge on any atom is -0.508 e. The molecule has 0 saturated carbocycles. The maximum absolute atomic E-state index is 9.89. The van der Waals surface area contributed by atoms with E-state index in [1.54, 1.807) is 22.7 Å². The zero-order chi connectivity index (χ0) is 17.8. The predicted octanol–water partition coefficient (Wildman–Crippen LogP) is 2.81. The van der Waals surface area contributed by atoms with Crippen molar-refractivity contribution < 1.29 is 10.2 Å². The number of hydrogen-bond acceptors (Lipinski definition) is 6. The molecular weight excluding hydrogens is 356 g/mol. The molecule has 3 aromatic heterocycles. The van der Waals surface area contributed by atoms with Gasteiger partial charge in [0.2, 0.25) is 0 Å². The molecule has 5 rings (SSSR count). The molecule has 0 bridgehead atoms. The fourth-order valence-corrected chi connectivity index (χ4v) is 3.22. The summed E-state index contributed by atoms with van der Waals surface area (Å²) >= 11 is 6.25. The quantitative estimate of drug-likeness (QED) is 0.443. The maximum Gasteiger partial charge on any atom is 0.273 e. The van der Waals surface area contributed by atoms with E-state index in [-0.39, 0.29) is 16.5 Å². The van der Waals surface area contributed by atoms with Crippen LogP contribution in [0.15, 0.2) is 36.4 Å². The van der Waals surface area contributed by atoms with E-state index < -0.39 is 0 Å². The Morgan fingerprint density at radius 2 is 1.85 bits per heavy atom. The topological polar surface area (TPSA) is 112 Å². The molecule has 3 N–H and O–H groups in total. The van der Waals surface area contributed by atoms with Gasteiger partial charge in [0.05, 0.1) is 15.9 Å². The minimum absolute atomic E-state index is 0.0185. The highest BCUT2D eigenvalue weighted by Gasteiger charge is 2.17. The van der Waals surface area contributed by atoms with Crippen molar-refractivity contribution in [2.75, 3.05) is 0 Å². The van der Waals surface area contributed by atoms with Crippen molar-refractivity contribution in [3.05, 3.63) is 52.8 Å². The minimum atomic E-state index is -0.0185. The largest absolute Gasteiger partial charge is 0.508 e. The van der Waals surface area contributed by atoms with Crippen molar-refractivity contribution in [2.45, 2.75) is 6.42 Å². The molecule has 128 valence electrons. The summed E-state index contributed by atoms with van der Waals surface area (Å²) in [5.74, 6) is 1.15. The summed E-state index contributed by atoms with van der Waals surface area (Å²) in [4.78, 5) is 7.58. The third-order valence-corrected chi connectivity index (χ3v) is 4.62. The Balaban J connectivity index is 1.72. The van der Waals surface area contributed by atoms with Gasteiger partial charge in [-0.25, -0.2) is 0 Å². The van der Waals surface area contributed by atoms with E-state index >= 15 is 0 Å². The number of benzene rings is 2. The Morgan fingerprint density at radius 3 is 2.65 bits per heavy atom. The lowest BCUT2D eigenvalue weighted by Gasteiger charge is -2.01. The number of phenolic OH excluding ortho intramolecular Hbond substituents is 2. The van der Waals surface area contributed by atoms with Crippen LogP contribution in [0.1, 0.15) is 11.4 Å². The monoisotopic (exact) mass is 366 g/mol. The van der Waals surface area contributed by atoms with Gasteiger partial charge in [-0.05, 0) is 29.8 Å². The summed E-state index contributed by atoms with van der Waals surface area (Å²) < 4.78 is 1.56. The number of aromatic hydroxyl groups is 2. The number of fused-ring (bicyclic) bond motifs is 4. The lowest BCUT2D eigenvalue weighted by Crippen LogP contribution is -2.01. The number of hydrogen-bond donors (Lipinski definition) is 3. The van der Waals surface area contributed by atoms with E-state index in [4.69, 9.17) is 11.6 Å². The molecule has 8 nitrogen and oxygen atoms in total. The first-order valence-corrected chi connectivity index (χ1v) is 8.17. The lowest BCUT2D eigenvalue weighted by atomic mass is 10.1. The van der Waals surface area contributed by atoms with E-state index in [9.17, 15) is 10.2 Å². The summed E-state index contributed by atoms with van der Waals surface area (Å²) in [6.07, 6.45) is 0.475. The number of rotatable bonds is 2. The number of aromatic amines is 1. The molecule has 9 heteroatoms. The number of aromatic nitrogens is 6. The average Bonchev–Trinajstić information content (AvgIpc) is 3.19. The fourth-order valence-electron chi connectivity index (χ4n) is 2.97. The second kappa shape index (κ2) is 5.30. The number of phenols is 2. The van der Waals surface area contributed by atoms with E-state index in [0.29, 0.717) is 34.6 Å². The lowest BCUT2D eigenvalue weighted by molar-refractivity contribution is 0.475. The summed E-state index contributed by atoms with van der Waals surface area (Å²) in [5, 5.41) is 33.0. The third kappa shape index (κ3) is 2.16. The van der Waals surface area contributed by atoms with Gasteiger partial charge in [-0.2, -0.15) is 14.6 Å². The Bertz CT molecular complexity index is 1290. The molecule has 0 fully saturated rings. The molecular formula is C17H11ClN6O2. The van der Waals surface area contributed by atoms with E-state index in [2.05, 4.69) is 25.3 Å². The van der Waals surface area contributed by atoms with Crippen molar-refractivity contribution in [2.24, 2.45) is 0 Å². The SMILES string of the molecule is Oc1ccc(Cc2nnc3nc4[nH]c5ccc(O)c(Cl)c5c4nn23)cc1. The number of nitrogens with one attached hydrogen (secondary N) is 1. The normalized spacial score (nSPS) is 11.7. The van der Waals surface area contributed by atoms with Crippen LogP contribution in [0.4, 0.5) is 0 Å². The van der Waals surface area contributed by atoms with Crippen LogP contribution in [0.3, 0.4) is 0 Å². The van der Waals surface area contributed by atoms with Crippen LogP contribution < -0.4 is 0 Å². The van der Waals surface area contributed by atoms with E-state index in [1.807, 2.05) is 12.1 Å². The van der Waals surface area contributed by atoms with Crippen molar-refractivity contribution in [3.63, 3.8) is 0 Å². The van der Waals surface area contributed by atoms with Gasteiger partial charge in [0.25, 0.3) is 5.78 Å². The predicted molar refractivity (Wildman–Crippen MR) is 95.5 cm³/mol. The Morgan fingerprint density at radius 1 is 1.04 bits per heavy atom. The smallest absolute Gasteiger partial charge is 0.273 e. The van der Waals surface area contributed by atoms with E-state index in [0.717, 1.165) is 11.1 Å². The number of halogens is 1. The van der Waals surface area contributed by atoms with Crippen LogP contribution in [0.5, 0.6) is 11.5 Å². The second-order valence-electron chi connectivity index (χ2n) is 5.93. The van der Waals surface area contributed by atoms with Crippen molar-refractivity contribution >= 4 is 39.4 Å².